The van der Waals surface area contributed by atoms with E-state index in [1.165, 1.54) is 23.0 Å². The fourth-order valence-corrected chi connectivity index (χ4v) is 2.15. The number of anilines is 1. The monoisotopic (exact) mass is 322 g/mol. The average molecular weight is 323 g/mol. The van der Waals surface area contributed by atoms with Crippen molar-refractivity contribution in [1.29, 1.82) is 0 Å². The molecule has 9 heteroatoms. The van der Waals surface area contributed by atoms with Crippen molar-refractivity contribution in [3.63, 3.8) is 0 Å². The standard InChI is InChI=1S/C12H8Cl2N6O/c13-7-1-2-8(9(14)5-7)12(21)18-16-10-3-4-11-17-15-6-20(11)19-10/h1-6H,(H,16,19)(H,18,21). The molecule has 0 fully saturated rings. The number of amides is 1. The van der Waals surface area contributed by atoms with Crippen LogP contribution in [0.5, 0.6) is 0 Å². The molecule has 0 atom stereocenters. The van der Waals surface area contributed by atoms with Gasteiger partial charge in [0.05, 0.1) is 10.6 Å². The Labute approximate surface area is 128 Å². The summed E-state index contributed by atoms with van der Waals surface area (Å²) in [7, 11) is 0. The maximum absolute atomic E-state index is 12.0. The molecule has 0 aliphatic carbocycles. The molecule has 3 rings (SSSR count). The Morgan fingerprint density at radius 1 is 1.19 bits per heavy atom. The van der Waals surface area contributed by atoms with Gasteiger partial charge in [0, 0.05) is 5.02 Å². The van der Waals surface area contributed by atoms with Gasteiger partial charge >= 0.3 is 0 Å². The summed E-state index contributed by atoms with van der Waals surface area (Å²) < 4.78 is 1.48. The summed E-state index contributed by atoms with van der Waals surface area (Å²) in [4.78, 5) is 12.0. The highest BCUT2D eigenvalue weighted by Gasteiger charge is 2.10. The highest BCUT2D eigenvalue weighted by molar-refractivity contribution is 6.36. The number of aromatic nitrogens is 4. The van der Waals surface area contributed by atoms with Crippen molar-refractivity contribution in [2.24, 2.45) is 0 Å². The van der Waals surface area contributed by atoms with Gasteiger partial charge in [-0.25, -0.2) is 0 Å². The first-order valence-corrected chi connectivity index (χ1v) is 6.57. The Kier molecular flexibility index (Phi) is 3.59. The molecule has 21 heavy (non-hydrogen) atoms. The van der Waals surface area contributed by atoms with Crippen LogP contribution in [-0.2, 0) is 0 Å². The minimum Gasteiger partial charge on any atom is -0.280 e. The van der Waals surface area contributed by atoms with Gasteiger partial charge in [0.2, 0.25) is 0 Å². The van der Waals surface area contributed by atoms with Crippen LogP contribution in [0.2, 0.25) is 10.0 Å². The normalized spacial score (nSPS) is 10.6. The molecule has 0 radical (unpaired) electrons. The van der Waals surface area contributed by atoms with E-state index in [-0.39, 0.29) is 5.02 Å². The number of nitrogens with zero attached hydrogens (tertiary/aromatic N) is 4. The third-order valence-corrected chi connectivity index (χ3v) is 3.19. The Hall–Kier alpha value is -2.38. The van der Waals surface area contributed by atoms with Crippen LogP contribution in [0.1, 0.15) is 10.4 Å². The summed E-state index contributed by atoms with van der Waals surface area (Å²) >= 11 is 11.7. The van der Waals surface area contributed by atoms with Crippen LogP contribution in [-0.4, -0.2) is 25.7 Å². The summed E-state index contributed by atoms with van der Waals surface area (Å²) in [6.45, 7) is 0. The van der Waals surface area contributed by atoms with Gasteiger partial charge in [-0.05, 0) is 30.3 Å². The van der Waals surface area contributed by atoms with Crippen LogP contribution in [0.3, 0.4) is 0 Å². The molecule has 0 saturated carbocycles. The maximum Gasteiger partial charge on any atom is 0.271 e. The zero-order valence-electron chi connectivity index (χ0n) is 10.4. The first-order valence-electron chi connectivity index (χ1n) is 5.82. The quantitative estimate of drug-likeness (QED) is 0.722. The van der Waals surface area contributed by atoms with Gasteiger partial charge in [-0.3, -0.25) is 15.6 Å². The minimum absolute atomic E-state index is 0.268. The molecule has 0 unspecified atom stereocenters. The molecule has 7 nitrogen and oxygen atoms in total. The summed E-state index contributed by atoms with van der Waals surface area (Å²) in [6, 6.07) is 8.00. The number of rotatable bonds is 3. The molecule has 3 aromatic rings. The summed E-state index contributed by atoms with van der Waals surface area (Å²) in [5.74, 6) is 0.0306. The van der Waals surface area contributed by atoms with Crippen molar-refractivity contribution < 1.29 is 4.79 Å². The number of hydrogen-bond acceptors (Lipinski definition) is 5. The van der Waals surface area contributed by atoms with Crippen molar-refractivity contribution in [2.45, 2.75) is 0 Å². The van der Waals surface area contributed by atoms with Gasteiger partial charge < -0.3 is 0 Å². The Morgan fingerprint density at radius 3 is 2.86 bits per heavy atom. The number of carbonyl (C=O) groups excluding carboxylic acids is 1. The smallest absolute Gasteiger partial charge is 0.271 e. The fourth-order valence-electron chi connectivity index (χ4n) is 1.66. The van der Waals surface area contributed by atoms with Crippen LogP contribution >= 0.6 is 23.2 Å². The van der Waals surface area contributed by atoms with Crippen molar-refractivity contribution in [3.8, 4) is 0 Å². The SMILES string of the molecule is O=C(NNc1ccc2nncn2n1)c1ccc(Cl)cc1Cl. The number of nitrogens with one attached hydrogen (secondary N) is 2. The number of carbonyl (C=O) groups is 1. The highest BCUT2D eigenvalue weighted by atomic mass is 35.5. The lowest BCUT2D eigenvalue weighted by Crippen LogP contribution is -2.30. The Morgan fingerprint density at radius 2 is 2.05 bits per heavy atom. The third kappa shape index (κ3) is 2.88. The van der Waals surface area contributed by atoms with Crippen LogP contribution in [0.4, 0.5) is 5.82 Å². The molecular formula is C12H8Cl2N6O. The number of halogens is 2. The number of benzene rings is 1. The molecule has 1 aromatic carbocycles. The molecule has 0 spiro atoms. The zero-order valence-corrected chi connectivity index (χ0v) is 11.9. The maximum atomic E-state index is 12.0. The van der Waals surface area contributed by atoms with Gasteiger partial charge in [-0.2, -0.15) is 4.52 Å². The van der Waals surface area contributed by atoms with Crippen molar-refractivity contribution in [1.82, 2.24) is 25.2 Å². The lowest BCUT2D eigenvalue weighted by Gasteiger charge is -2.08. The molecule has 2 heterocycles. The summed E-state index contributed by atoms with van der Waals surface area (Å²) in [5, 5.41) is 12.4. The molecular weight excluding hydrogens is 315 g/mol. The second-order valence-corrected chi connectivity index (χ2v) is 4.90. The molecule has 2 N–H and O–H groups in total. The lowest BCUT2D eigenvalue weighted by molar-refractivity contribution is 0.0962. The van der Waals surface area contributed by atoms with Gasteiger partial charge in [-0.15, -0.1) is 15.3 Å². The van der Waals surface area contributed by atoms with Crippen molar-refractivity contribution in [2.75, 3.05) is 5.43 Å². The van der Waals surface area contributed by atoms with Crippen LogP contribution in [0.25, 0.3) is 5.65 Å². The van der Waals surface area contributed by atoms with Gasteiger partial charge in [0.1, 0.15) is 6.33 Å². The topological polar surface area (TPSA) is 84.2 Å². The van der Waals surface area contributed by atoms with Gasteiger partial charge in [-0.1, -0.05) is 23.2 Å². The predicted octanol–water partition coefficient (Wildman–Crippen LogP) is 2.19. The molecule has 106 valence electrons. The van der Waals surface area contributed by atoms with E-state index in [1.54, 1.807) is 18.2 Å². The first kappa shape index (κ1) is 13.6. The van der Waals surface area contributed by atoms with Gasteiger partial charge in [0.15, 0.2) is 11.5 Å². The van der Waals surface area contributed by atoms with Crippen molar-refractivity contribution in [3.05, 3.63) is 52.3 Å². The minimum atomic E-state index is -0.401. The van der Waals surface area contributed by atoms with Crippen LogP contribution in [0.15, 0.2) is 36.7 Å². The van der Waals surface area contributed by atoms with Crippen LogP contribution < -0.4 is 10.9 Å². The van der Waals surface area contributed by atoms with E-state index >= 15 is 0 Å². The molecule has 0 aliphatic rings. The molecule has 0 aliphatic heterocycles. The molecule has 0 saturated heterocycles. The van der Waals surface area contributed by atoms with E-state index in [4.69, 9.17) is 23.2 Å². The second kappa shape index (κ2) is 5.55. The summed E-state index contributed by atoms with van der Waals surface area (Å²) in [5.41, 5.74) is 6.10. The number of hydrazine groups is 1. The second-order valence-electron chi connectivity index (χ2n) is 4.06. The fraction of sp³-hybridized carbons (Fsp3) is 0. The molecule has 1 amide bonds. The molecule has 0 bridgehead atoms. The largest absolute Gasteiger partial charge is 0.280 e. The van der Waals surface area contributed by atoms with E-state index in [0.717, 1.165) is 0 Å². The van der Waals surface area contributed by atoms with Gasteiger partial charge in [0.25, 0.3) is 5.91 Å². The van der Waals surface area contributed by atoms with E-state index < -0.39 is 5.91 Å². The van der Waals surface area contributed by atoms with E-state index in [2.05, 4.69) is 26.1 Å². The summed E-state index contributed by atoms with van der Waals surface area (Å²) in [6.07, 6.45) is 1.46. The molecule has 2 aromatic heterocycles. The lowest BCUT2D eigenvalue weighted by atomic mass is 10.2. The van der Waals surface area contributed by atoms with E-state index in [0.29, 0.717) is 22.1 Å². The number of hydrogen-bond donors (Lipinski definition) is 2. The first-order chi connectivity index (χ1) is 10.1. The highest BCUT2D eigenvalue weighted by Crippen LogP contribution is 2.20. The predicted molar refractivity (Wildman–Crippen MR) is 78.3 cm³/mol. The zero-order chi connectivity index (χ0) is 14.8. The Bertz CT molecular complexity index is 818. The third-order valence-electron chi connectivity index (χ3n) is 2.64. The number of fused-ring (bicyclic) bond motifs is 1. The van der Waals surface area contributed by atoms with E-state index in [1.807, 2.05) is 0 Å². The van der Waals surface area contributed by atoms with Crippen LogP contribution in [0, 0.1) is 0 Å². The van der Waals surface area contributed by atoms with Crippen molar-refractivity contribution >= 4 is 40.6 Å². The Balaban J connectivity index is 1.73. The average Bonchev–Trinajstić information content (AvgIpc) is 2.92. The van der Waals surface area contributed by atoms with E-state index in [9.17, 15) is 4.79 Å².